The highest BCUT2D eigenvalue weighted by Crippen LogP contribution is 2.35. The third-order valence-corrected chi connectivity index (χ3v) is 4.40. The van der Waals surface area contributed by atoms with Crippen LogP contribution in [0.3, 0.4) is 0 Å². The first kappa shape index (κ1) is 11.1. The Balaban J connectivity index is 1.83. The molecule has 0 bridgehead atoms. The van der Waals surface area contributed by atoms with Crippen LogP contribution in [0.1, 0.15) is 62.0 Å². The van der Waals surface area contributed by atoms with E-state index in [-0.39, 0.29) is 0 Å². The Morgan fingerprint density at radius 3 is 2.71 bits per heavy atom. The quantitative estimate of drug-likeness (QED) is 0.748. The second-order valence-corrected chi connectivity index (χ2v) is 5.64. The molecule has 92 valence electrons. The van der Waals surface area contributed by atoms with Gasteiger partial charge in [-0.1, -0.05) is 31.4 Å². The zero-order valence-corrected chi connectivity index (χ0v) is 10.7. The molecule has 1 aromatic rings. The number of rotatable bonds is 1. The fourth-order valence-corrected chi connectivity index (χ4v) is 3.33. The molecule has 1 fully saturated rings. The Bertz CT molecular complexity index is 377. The smallest absolute Gasteiger partial charge is 0.0375 e. The maximum Gasteiger partial charge on any atom is 0.0375 e. The van der Waals surface area contributed by atoms with Gasteiger partial charge in [0.25, 0.3) is 0 Å². The molecule has 17 heavy (non-hydrogen) atoms. The molecule has 0 atom stereocenters. The van der Waals surface area contributed by atoms with Crippen LogP contribution in [0, 0.1) is 0 Å². The van der Waals surface area contributed by atoms with Crippen molar-refractivity contribution in [1.82, 2.24) is 0 Å². The Hall–Kier alpha value is -0.980. The number of nitrogens with one attached hydrogen (secondary N) is 1. The predicted octanol–water partition coefficient (Wildman–Crippen LogP) is 4.48. The molecule has 0 unspecified atom stereocenters. The van der Waals surface area contributed by atoms with Crippen molar-refractivity contribution in [2.75, 3.05) is 11.9 Å². The zero-order chi connectivity index (χ0) is 11.5. The van der Waals surface area contributed by atoms with E-state index in [1.54, 1.807) is 5.56 Å². The summed E-state index contributed by atoms with van der Waals surface area (Å²) in [6.07, 6.45) is 11.0. The minimum absolute atomic E-state index is 0.833. The molecule has 3 rings (SSSR count). The molecule has 1 saturated carbocycles. The second-order valence-electron chi connectivity index (χ2n) is 5.64. The summed E-state index contributed by atoms with van der Waals surface area (Å²) in [6.45, 7) is 1.15. The summed E-state index contributed by atoms with van der Waals surface area (Å²) in [5.74, 6) is 0.833. The average molecular weight is 229 g/mol. The zero-order valence-electron chi connectivity index (χ0n) is 10.7. The fourth-order valence-electron chi connectivity index (χ4n) is 3.33. The lowest BCUT2D eigenvalue weighted by atomic mass is 9.83. The lowest BCUT2D eigenvalue weighted by Gasteiger charge is -2.23. The van der Waals surface area contributed by atoms with Crippen molar-refractivity contribution in [3.63, 3.8) is 0 Å². The van der Waals surface area contributed by atoms with Crippen LogP contribution in [-0.2, 0) is 6.42 Å². The molecule has 1 aromatic carbocycles. The number of hydrogen-bond donors (Lipinski definition) is 1. The van der Waals surface area contributed by atoms with Gasteiger partial charge in [-0.2, -0.15) is 0 Å². The largest absolute Gasteiger partial charge is 0.385 e. The van der Waals surface area contributed by atoms with E-state index < -0.39 is 0 Å². The fraction of sp³-hybridized carbons (Fsp3) is 0.625. The van der Waals surface area contributed by atoms with Gasteiger partial charge in [0, 0.05) is 12.2 Å². The van der Waals surface area contributed by atoms with Crippen LogP contribution in [0.2, 0.25) is 0 Å². The van der Waals surface area contributed by atoms with Crippen LogP contribution in [0.25, 0.3) is 0 Å². The van der Waals surface area contributed by atoms with Gasteiger partial charge < -0.3 is 5.32 Å². The molecule has 1 heteroatoms. The molecule has 0 amide bonds. The maximum atomic E-state index is 3.60. The Labute approximate surface area is 105 Å². The molecule has 1 aliphatic carbocycles. The van der Waals surface area contributed by atoms with Gasteiger partial charge >= 0.3 is 0 Å². The first-order valence-corrected chi connectivity index (χ1v) is 7.30. The number of fused-ring (bicyclic) bond motifs is 1. The van der Waals surface area contributed by atoms with E-state index in [1.807, 2.05) is 0 Å². The van der Waals surface area contributed by atoms with E-state index in [2.05, 4.69) is 23.5 Å². The molecular formula is C16H23N. The van der Waals surface area contributed by atoms with Crippen molar-refractivity contribution >= 4 is 5.69 Å². The number of anilines is 1. The van der Waals surface area contributed by atoms with Crippen LogP contribution < -0.4 is 5.32 Å². The normalized spacial score (nSPS) is 21.4. The van der Waals surface area contributed by atoms with Gasteiger partial charge in [-0.25, -0.2) is 0 Å². The number of hydrogen-bond acceptors (Lipinski definition) is 1. The molecular weight excluding hydrogens is 206 g/mol. The van der Waals surface area contributed by atoms with E-state index in [1.165, 1.54) is 62.6 Å². The van der Waals surface area contributed by atoms with Crippen molar-refractivity contribution in [2.45, 2.75) is 57.3 Å². The van der Waals surface area contributed by atoms with E-state index in [4.69, 9.17) is 0 Å². The molecule has 0 radical (unpaired) electrons. The van der Waals surface area contributed by atoms with Crippen molar-refractivity contribution in [3.05, 3.63) is 29.3 Å². The standard InChI is InChI=1S/C16H23N/c1-2-6-13(7-3-1)15-10-9-14-8-4-5-11-17-16(14)12-15/h9-10,12-13,17H,1-8,11H2. The van der Waals surface area contributed by atoms with Gasteiger partial charge in [-0.15, -0.1) is 0 Å². The van der Waals surface area contributed by atoms with Gasteiger partial charge in [0.15, 0.2) is 0 Å². The lowest BCUT2D eigenvalue weighted by molar-refractivity contribution is 0.443. The predicted molar refractivity (Wildman–Crippen MR) is 73.7 cm³/mol. The Morgan fingerprint density at radius 1 is 0.941 bits per heavy atom. The van der Waals surface area contributed by atoms with Crippen LogP contribution in [0.15, 0.2) is 18.2 Å². The summed E-state index contributed by atoms with van der Waals surface area (Å²) in [6, 6.07) is 7.20. The average Bonchev–Trinajstić information content (AvgIpc) is 2.64. The summed E-state index contributed by atoms with van der Waals surface area (Å²) in [7, 11) is 0. The summed E-state index contributed by atoms with van der Waals surface area (Å²) < 4.78 is 0. The first-order chi connectivity index (χ1) is 8.43. The van der Waals surface area contributed by atoms with E-state index in [9.17, 15) is 0 Å². The Kier molecular flexibility index (Phi) is 3.35. The van der Waals surface area contributed by atoms with E-state index in [0.29, 0.717) is 0 Å². The highest BCUT2D eigenvalue weighted by Gasteiger charge is 2.17. The highest BCUT2D eigenvalue weighted by atomic mass is 14.9. The summed E-state index contributed by atoms with van der Waals surface area (Å²) in [5.41, 5.74) is 4.53. The molecule has 1 aliphatic heterocycles. The molecule has 0 spiro atoms. The third-order valence-electron chi connectivity index (χ3n) is 4.40. The van der Waals surface area contributed by atoms with Crippen LogP contribution in [0.5, 0.6) is 0 Å². The molecule has 1 heterocycles. The van der Waals surface area contributed by atoms with Crippen LogP contribution >= 0.6 is 0 Å². The minimum Gasteiger partial charge on any atom is -0.385 e. The van der Waals surface area contributed by atoms with E-state index in [0.717, 1.165) is 12.5 Å². The molecule has 1 nitrogen and oxygen atoms in total. The second kappa shape index (κ2) is 5.12. The van der Waals surface area contributed by atoms with Gasteiger partial charge in [-0.05, 0) is 55.2 Å². The van der Waals surface area contributed by atoms with Crippen LogP contribution in [-0.4, -0.2) is 6.54 Å². The van der Waals surface area contributed by atoms with Gasteiger partial charge in [-0.3, -0.25) is 0 Å². The SMILES string of the molecule is c1cc2c(cc1C1CCCCC1)NCCCC2. The Morgan fingerprint density at radius 2 is 1.82 bits per heavy atom. The molecule has 2 aliphatic rings. The number of benzene rings is 1. The van der Waals surface area contributed by atoms with Crippen molar-refractivity contribution < 1.29 is 0 Å². The lowest BCUT2D eigenvalue weighted by Crippen LogP contribution is -2.06. The van der Waals surface area contributed by atoms with Crippen molar-refractivity contribution in [3.8, 4) is 0 Å². The van der Waals surface area contributed by atoms with Gasteiger partial charge in [0.1, 0.15) is 0 Å². The summed E-state index contributed by atoms with van der Waals surface area (Å²) in [4.78, 5) is 0. The molecule has 0 saturated heterocycles. The van der Waals surface area contributed by atoms with Crippen molar-refractivity contribution in [1.29, 1.82) is 0 Å². The summed E-state index contributed by atoms with van der Waals surface area (Å²) in [5, 5.41) is 3.60. The summed E-state index contributed by atoms with van der Waals surface area (Å²) >= 11 is 0. The monoisotopic (exact) mass is 229 g/mol. The van der Waals surface area contributed by atoms with Crippen LogP contribution in [0.4, 0.5) is 5.69 Å². The topological polar surface area (TPSA) is 12.0 Å². The minimum atomic E-state index is 0.833. The highest BCUT2D eigenvalue weighted by molar-refractivity contribution is 5.54. The number of aryl methyl sites for hydroxylation is 1. The van der Waals surface area contributed by atoms with Gasteiger partial charge in [0.05, 0.1) is 0 Å². The third kappa shape index (κ3) is 2.48. The molecule has 1 N–H and O–H groups in total. The maximum absolute atomic E-state index is 3.60. The first-order valence-electron chi connectivity index (χ1n) is 7.30. The van der Waals surface area contributed by atoms with Gasteiger partial charge in [0.2, 0.25) is 0 Å². The van der Waals surface area contributed by atoms with E-state index >= 15 is 0 Å². The molecule has 0 aromatic heterocycles. The van der Waals surface area contributed by atoms with Crippen molar-refractivity contribution in [2.24, 2.45) is 0 Å².